The number of carbonyl (C=O) groups excluding carboxylic acids is 2. The fourth-order valence-electron chi connectivity index (χ4n) is 3.93. The zero-order valence-electron chi connectivity index (χ0n) is 21.2. The molecule has 0 unspecified atom stereocenters. The number of tetrazole rings is 1. The molecule has 1 aliphatic rings. The van der Waals surface area contributed by atoms with Crippen LogP contribution < -0.4 is 5.32 Å². The molecule has 3 aromatic heterocycles. The fraction of sp³-hybridized carbons (Fsp3) is 0.292. The standard InChI is InChI=1S/C24H16Cl3F5N8O3/c25-11-4-15(21(42)34-13-9-43-10-13)14(17(27)5-11)7-19(41)18-6-12(36-40(18)20-16(26)2-1-3-33-20)8-39-37-22(35-38-39)23(28,29)24(30,31)32/h1-6,13H,7-10H2,(H,34,42). The van der Waals surface area contributed by atoms with Crippen molar-refractivity contribution < 1.29 is 36.3 Å². The van der Waals surface area contributed by atoms with Gasteiger partial charge >= 0.3 is 12.1 Å². The monoisotopic (exact) mass is 664 g/mol. The number of benzene rings is 1. The molecule has 0 bridgehead atoms. The number of hydrogen-bond acceptors (Lipinski definition) is 8. The van der Waals surface area contributed by atoms with E-state index >= 15 is 0 Å². The van der Waals surface area contributed by atoms with Gasteiger partial charge in [-0.05, 0) is 41.1 Å². The fourth-order valence-corrected chi connectivity index (χ4v) is 4.69. The van der Waals surface area contributed by atoms with Crippen LogP contribution in [-0.4, -0.2) is 72.1 Å². The molecule has 1 saturated heterocycles. The Kier molecular flexibility index (Phi) is 8.39. The summed E-state index contributed by atoms with van der Waals surface area (Å²) in [4.78, 5) is 31.2. The number of alkyl halides is 5. The molecule has 1 fully saturated rings. The summed E-state index contributed by atoms with van der Waals surface area (Å²) in [5.74, 6) is -8.38. The van der Waals surface area contributed by atoms with Gasteiger partial charge in [0.25, 0.3) is 11.7 Å². The summed E-state index contributed by atoms with van der Waals surface area (Å²) < 4.78 is 71.6. The molecule has 1 N–H and O–H groups in total. The van der Waals surface area contributed by atoms with E-state index in [-0.39, 0.29) is 49.4 Å². The minimum Gasteiger partial charge on any atom is -0.377 e. The first-order valence-corrected chi connectivity index (χ1v) is 13.2. The van der Waals surface area contributed by atoms with Gasteiger partial charge in [0, 0.05) is 28.2 Å². The molecule has 1 aliphatic heterocycles. The second-order valence-electron chi connectivity index (χ2n) is 9.18. The lowest BCUT2D eigenvalue weighted by Gasteiger charge is -2.27. The maximum Gasteiger partial charge on any atom is 0.461 e. The van der Waals surface area contributed by atoms with Crippen molar-refractivity contribution in [1.82, 2.24) is 40.3 Å². The third-order valence-corrected chi connectivity index (χ3v) is 6.94. The molecule has 0 spiro atoms. The van der Waals surface area contributed by atoms with E-state index in [1.54, 1.807) is 0 Å². The van der Waals surface area contributed by atoms with E-state index in [0.717, 1.165) is 4.68 Å². The highest BCUT2D eigenvalue weighted by Crippen LogP contribution is 2.42. The molecule has 226 valence electrons. The third kappa shape index (κ3) is 6.32. The third-order valence-electron chi connectivity index (χ3n) is 6.09. The number of nitrogens with one attached hydrogen (secondary N) is 1. The topological polar surface area (TPSA) is 130 Å². The highest BCUT2D eigenvalue weighted by Gasteiger charge is 2.62. The number of halogens is 8. The minimum atomic E-state index is -5.94. The first-order valence-electron chi connectivity index (χ1n) is 12.1. The SMILES string of the molecule is O=C(NC1COC1)c1cc(Cl)cc(Cl)c1CC(=O)c1cc(Cn2nnc(C(F)(F)C(F)(F)F)n2)nn1-c1ncccc1Cl. The van der Waals surface area contributed by atoms with Crippen molar-refractivity contribution in [3.63, 3.8) is 0 Å². The summed E-state index contributed by atoms with van der Waals surface area (Å²) in [5, 5.41) is 16.5. The number of pyridine rings is 1. The second-order valence-corrected chi connectivity index (χ2v) is 10.4. The van der Waals surface area contributed by atoms with Gasteiger partial charge in [0.1, 0.15) is 12.2 Å². The van der Waals surface area contributed by atoms with Crippen molar-refractivity contribution >= 4 is 46.5 Å². The number of nitrogens with zero attached hydrogens (tertiary/aromatic N) is 7. The van der Waals surface area contributed by atoms with Gasteiger partial charge in [0.2, 0.25) is 0 Å². The first kappa shape index (κ1) is 30.7. The Morgan fingerprint density at radius 3 is 2.44 bits per heavy atom. The lowest BCUT2D eigenvalue weighted by molar-refractivity contribution is -0.292. The number of ether oxygens (including phenoxy) is 1. The number of rotatable bonds is 9. The van der Waals surface area contributed by atoms with E-state index < -0.39 is 42.6 Å². The number of aromatic nitrogens is 7. The lowest BCUT2D eigenvalue weighted by atomic mass is 9.99. The Labute approximate surface area is 252 Å². The zero-order valence-corrected chi connectivity index (χ0v) is 23.5. The molecule has 43 heavy (non-hydrogen) atoms. The Balaban J connectivity index is 1.49. The van der Waals surface area contributed by atoms with Crippen LogP contribution in [0, 0.1) is 0 Å². The molecular weight excluding hydrogens is 650 g/mol. The summed E-state index contributed by atoms with van der Waals surface area (Å²) >= 11 is 18.8. The predicted octanol–water partition coefficient (Wildman–Crippen LogP) is 4.47. The molecule has 11 nitrogen and oxygen atoms in total. The summed E-state index contributed by atoms with van der Waals surface area (Å²) in [5.41, 5.74) is 0.00728. The van der Waals surface area contributed by atoms with Crippen molar-refractivity contribution in [1.29, 1.82) is 0 Å². The molecule has 0 atom stereocenters. The van der Waals surface area contributed by atoms with Gasteiger partial charge in [-0.2, -0.15) is 31.8 Å². The Bertz CT molecular complexity index is 1710. The molecule has 19 heteroatoms. The van der Waals surface area contributed by atoms with Crippen LogP contribution >= 0.6 is 34.8 Å². The van der Waals surface area contributed by atoms with E-state index in [2.05, 4.69) is 30.8 Å². The number of ketones is 1. The molecule has 0 aliphatic carbocycles. The highest BCUT2D eigenvalue weighted by molar-refractivity contribution is 6.36. The quantitative estimate of drug-likeness (QED) is 0.205. The second kappa shape index (κ2) is 11.7. The van der Waals surface area contributed by atoms with E-state index in [1.165, 1.54) is 36.5 Å². The van der Waals surface area contributed by atoms with Gasteiger partial charge < -0.3 is 10.1 Å². The van der Waals surface area contributed by atoms with Gasteiger partial charge in [-0.25, -0.2) is 9.67 Å². The Morgan fingerprint density at radius 2 is 1.79 bits per heavy atom. The maximum atomic E-state index is 13.7. The molecule has 1 amide bonds. The summed E-state index contributed by atoms with van der Waals surface area (Å²) in [6.45, 7) is 0.0750. The van der Waals surface area contributed by atoms with Crippen LogP contribution in [0.3, 0.4) is 0 Å². The first-order chi connectivity index (χ1) is 20.2. The van der Waals surface area contributed by atoms with Crippen LogP contribution in [0.15, 0.2) is 36.5 Å². The normalized spacial score (nSPS) is 14.0. The van der Waals surface area contributed by atoms with Crippen molar-refractivity contribution in [2.45, 2.75) is 31.1 Å². The van der Waals surface area contributed by atoms with Crippen molar-refractivity contribution in [2.24, 2.45) is 0 Å². The van der Waals surface area contributed by atoms with Crippen LogP contribution in [0.5, 0.6) is 0 Å². The van der Waals surface area contributed by atoms with E-state index in [9.17, 15) is 31.5 Å². The average Bonchev–Trinajstić information content (AvgIpc) is 3.55. The molecule has 0 saturated carbocycles. The van der Waals surface area contributed by atoms with Crippen molar-refractivity contribution in [3.8, 4) is 5.82 Å². The van der Waals surface area contributed by atoms with Gasteiger partial charge in [-0.3, -0.25) is 9.59 Å². The molecule has 5 rings (SSSR count). The highest BCUT2D eigenvalue weighted by atomic mass is 35.5. The van der Waals surface area contributed by atoms with Crippen LogP contribution in [0.2, 0.25) is 15.1 Å². The van der Waals surface area contributed by atoms with Crippen LogP contribution in [0.4, 0.5) is 22.0 Å². The van der Waals surface area contributed by atoms with E-state index in [4.69, 9.17) is 39.5 Å². The summed E-state index contributed by atoms with van der Waals surface area (Å²) in [6.07, 6.45) is -5.01. The van der Waals surface area contributed by atoms with Gasteiger partial charge in [0.15, 0.2) is 11.6 Å². The number of amides is 1. The van der Waals surface area contributed by atoms with E-state index in [0.29, 0.717) is 18.0 Å². The van der Waals surface area contributed by atoms with Crippen LogP contribution in [-0.2, 0) is 23.6 Å². The molecule has 4 aromatic rings. The molecule has 1 aromatic carbocycles. The maximum absolute atomic E-state index is 13.7. The van der Waals surface area contributed by atoms with Gasteiger partial charge in [0.05, 0.1) is 30.0 Å². The van der Waals surface area contributed by atoms with Gasteiger partial charge in [-0.15, -0.1) is 10.2 Å². The summed E-state index contributed by atoms with van der Waals surface area (Å²) in [6, 6.07) is 6.68. The Hall–Kier alpha value is -3.73. The number of hydrogen-bond donors (Lipinski definition) is 1. The smallest absolute Gasteiger partial charge is 0.377 e. The number of carbonyl (C=O) groups is 2. The summed E-state index contributed by atoms with van der Waals surface area (Å²) in [7, 11) is 0. The van der Waals surface area contributed by atoms with Crippen molar-refractivity contribution in [3.05, 3.63) is 79.9 Å². The molecule has 0 radical (unpaired) electrons. The Morgan fingerprint density at radius 1 is 1.05 bits per heavy atom. The lowest BCUT2D eigenvalue weighted by Crippen LogP contribution is -2.48. The van der Waals surface area contributed by atoms with Crippen LogP contribution in [0.25, 0.3) is 5.82 Å². The molecular formula is C24H16Cl3F5N8O3. The van der Waals surface area contributed by atoms with Crippen LogP contribution in [0.1, 0.15) is 37.9 Å². The van der Waals surface area contributed by atoms with E-state index in [1.807, 2.05) is 0 Å². The largest absolute Gasteiger partial charge is 0.461 e. The van der Waals surface area contributed by atoms with Gasteiger partial charge in [-0.1, -0.05) is 34.8 Å². The predicted molar refractivity (Wildman–Crippen MR) is 140 cm³/mol. The average molecular weight is 666 g/mol. The minimum absolute atomic E-state index is 0.000220. The van der Waals surface area contributed by atoms with Crippen molar-refractivity contribution in [2.75, 3.05) is 13.2 Å². The zero-order chi connectivity index (χ0) is 31.1. The number of Topliss-reactive ketones (excluding diaryl/α,β-unsaturated/α-hetero) is 1. The molecule has 4 heterocycles.